The van der Waals surface area contributed by atoms with E-state index in [9.17, 15) is 4.79 Å². The SMILES string of the molecule is CCn1nc(C)cc1C(=O)Cc1ncc(C)c(OC)c1C. The zero-order valence-corrected chi connectivity index (χ0v) is 13.2. The Labute approximate surface area is 125 Å². The fraction of sp³-hybridized carbons (Fsp3) is 0.438. The van der Waals surface area contributed by atoms with Gasteiger partial charge in [-0.05, 0) is 33.8 Å². The van der Waals surface area contributed by atoms with E-state index in [0.29, 0.717) is 12.2 Å². The number of hydrogen-bond donors (Lipinski definition) is 0. The molecule has 5 nitrogen and oxygen atoms in total. The summed E-state index contributed by atoms with van der Waals surface area (Å²) in [5.41, 5.74) is 4.14. The molecular formula is C16H21N3O2. The molecule has 0 amide bonds. The van der Waals surface area contributed by atoms with E-state index in [1.54, 1.807) is 18.0 Å². The Kier molecular flexibility index (Phi) is 4.40. The van der Waals surface area contributed by atoms with Crippen LogP contribution in [0.15, 0.2) is 12.3 Å². The molecule has 2 heterocycles. The van der Waals surface area contributed by atoms with E-state index in [2.05, 4.69) is 10.1 Å². The van der Waals surface area contributed by atoms with Gasteiger partial charge in [0.05, 0.1) is 24.9 Å². The van der Waals surface area contributed by atoms with Crippen molar-refractivity contribution < 1.29 is 9.53 Å². The van der Waals surface area contributed by atoms with Gasteiger partial charge >= 0.3 is 0 Å². The van der Waals surface area contributed by atoms with Crippen molar-refractivity contribution in [1.29, 1.82) is 0 Å². The molecule has 0 aliphatic carbocycles. The van der Waals surface area contributed by atoms with Crippen molar-refractivity contribution >= 4 is 5.78 Å². The van der Waals surface area contributed by atoms with Gasteiger partial charge in [0.1, 0.15) is 11.4 Å². The lowest BCUT2D eigenvalue weighted by molar-refractivity contribution is 0.0981. The lowest BCUT2D eigenvalue weighted by Gasteiger charge is -2.12. The first kappa shape index (κ1) is 15.2. The summed E-state index contributed by atoms with van der Waals surface area (Å²) in [6.45, 7) is 8.42. The van der Waals surface area contributed by atoms with E-state index in [1.165, 1.54) is 0 Å². The van der Waals surface area contributed by atoms with Crippen LogP contribution in [0.2, 0.25) is 0 Å². The summed E-state index contributed by atoms with van der Waals surface area (Å²) >= 11 is 0. The second-order valence-electron chi connectivity index (χ2n) is 5.13. The molecular weight excluding hydrogens is 266 g/mol. The predicted molar refractivity (Wildman–Crippen MR) is 80.9 cm³/mol. The molecule has 0 saturated heterocycles. The Morgan fingerprint density at radius 1 is 1.33 bits per heavy atom. The molecule has 0 saturated carbocycles. The summed E-state index contributed by atoms with van der Waals surface area (Å²) in [7, 11) is 1.64. The molecule has 0 unspecified atom stereocenters. The number of carbonyl (C=O) groups is 1. The maximum Gasteiger partial charge on any atom is 0.186 e. The van der Waals surface area contributed by atoms with Crippen molar-refractivity contribution in [1.82, 2.24) is 14.8 Å². The number of methoxy groups -OCH3 is 1. The maximum atomic E-state index is 12.5. The number of pyridine rings is 1. The van der Waals surface area contributed by atoms with Gasteiger partial charge in [-0.25, -0.2) is 0 Å². The minimum atomic E-state index is 0.0268. The molecule has 2 aromatic heterocycles. The van der Waals surface area contributed by atoms with Crippen molar-refractivity contribution in [2.24, 2.45) is 0 Å². The highest BCUT2D eigenvalue weighted by atomic mass is 16.5. The fourth-order valence-corrected chi connectivity index (χ4v) is 2.50. The van der Waals surface area contributed by atoms with Gasteiger partial charge in [0.15, 0.2) is 5.78 Å². The van der Waals surface area contributed by atoms with Crippen LogP contribution in [-0.2, 0) is 13.0 Å². The van der Waals surface area contributed by atoms with Crippen molar-refractivity contribution in [3.8, 4) is 5.75 Å². The Balaban J connectivity index is 2.32. The van der Waals surface area contributed by atoms with Gasteiger partial charge < -0.3 is 4.74 Å². The molecule has 5 heteroatoms. The average Bonchev–Trinajstić information content (AvgIpc) is 2.84. The second-order valence-corrected chi connectivity index (χ2v) is 5.13. The zero-order valence-electron chi connectivity index (χ0n) is 13.2. The third-order valence-electron chi connectivity index (χ3n) is 3.57. The first-order valence-electron chi connectivity index (χ1n) is 7.04. The van der Waals surface area contributed by atoms with Crippen LogP contribution in [-0.4, -0.2) is 27.7 Å². The third-order valence-corrected chi connectivity index (χ3v) is 3.57. The molecule has 2 rings (SSSR count). The highest BCUT2D eigenvalue weighted by molar-refractivity contribution is 5.96. The summed E-state index contributed by atoms with van der Waals surface area (Å²) < 4.78 is 7.12. The van der Waals surface area contributed by atoms with E-state index in [4.69, 9.17) is 4.74 Å². The summed E-state index contributed by atoms with van der Waals surface area (Å²) in [6, 6.07) is 1.83. The standard InChI is InChI=1S/C16H21N3O2/c1-6-19-14(7-11(3)18-19)15(20)8-13-12(4)16(21-5)10(2)9-17-13/h7,9H,6,8H2,1-5H3. The molecule has 112 valence electrons. The normalized spacial score (nSPS) is 10.7. The molecule has 0 aromatic carbocycles. The van der Waals surface area contributed by atoms with Crippen molar-refractivity contribution in [3.63, 3.8) is 0 Å². The number of aromatic nitrogens is 3. The topological polar surface area (TPSA) is 57.0 Å². The summed E-state index contributed by atoms with van der Waals surface area (Å²) in [6.07, 6.45) is 2.00. The van der Waals surface area contributed by atoms with Crippen LogP contribution < -0.4 is 4.74 Å². The molecule has 0 radical (unpaired) electrons. The smallest absolute Gasteiger partial charge is 0.186 e. The van der Waals surface area contributed by atoms with Gasteiger partial charge in [0.25, 0.3) is 0 Å². The lowest BCUT2D eigenvalue weighted by Crippen LogP contribution is -2.13. The lowest BCUT2D eigenvalue weighted by atomic mass is 10.0. The Morgan fingerprint density at radius 2 is 2.05 bits per heavy atom. The number of carbonyl (C=O) groups excluding carboxylic acids is 1. The molecule has 0 atom stereocenters. The van der Waals surface area contributed by atoms with Crippen LogP contribution in [0.4, 0.5) is 0 Å². The Hall–Kier alpha value is -2.17. The largest absolute Gasteiger partial charge is 0.496 e. The Bertz CT molecular complexity index is 674. The first-order chi connectivity index (χ1) is 9.97. The minimum absolute atomic E-state index is 0.0268. The summed E-state index contributed by atoms with van der Waals surface area (Å²) in [5, 5.41) is 4.31. The Morgan fingerprint density at radius 3 is 2.67 bits per heavy atom. The number of rotatable bonds is 5. The third kappa shape index (κ3) is 2.96. The molecule has 0 aliphatic heterocycles. The number of ether oxygens (including phenoxy) is 1. The van der Waals surface area contributed by atoms with Crippen molar-refractivity contribution in [3.05, 3.63) is 40.5 Å². The monoisotopic (exact) mass is 287 g/mol. The van der Waals surface area contributed by atoms with E-state index in [-0.39, 0.29) is 12.2 Å². The van der Waals surface area contributed by atoms with Crippen LogP contribution in [0.5, 0.6) is 5.75 Å². The van der Waals surface area contributed by atoms with Crippen LogP contribution in [0.25, 0.3) is 0 Å². The minimum Gasteiger partial charge on any atom is -0.496 e. The van der Waals surface area contributed by atoms with Crippen molar-refractivity contribution in [2.45, 2.75) is 40.7 Å². The van der Waals surface area contributed by atoms with E-state index in [0.717, 1.165) is 28.3 Å². The number of ketones is 1. The van der Waals surface area contributed by atoms with Gasteiger partial charge in [-0.1, -0.05) is 0 Å². The number of nitrogens with zero attached hydrogens (tertiary/aromatic N) is 3. The molecule has 0 bridgehead atoms. The number of hydrogen-bond acceptors (Lipinski definition) is 4. The van der Waals surface area contributed by atoms with Crippen molar-refractivity contribution in [2.75, 3.05) is 7.11 Å². The molecule has 0 N–H and O–H groups in total. The highest BCUT2D eigenvalue weighted by Gasteiger charge is 2.17. The fourth-order valence-electron chi connectivity index (χ4n) is 2.50. The zero-order chi connectivity index (χ0) is 15.6. The van der Waals surface area contributed by atoms with Gasteiger partial charge in [-0.3, -0.25) is 14.5 Å². The highest BCUT2D eigenvalue weighted by Crippen LogP contribution is 2.24. The molecule has 0 spiro atoms. The van der Waals surface area contributed by atoms with Crippen LogP contribution in [0, 0.1) is 20.8 Å². The van der Waals surface area contributed by atoms with Gasteiger partial charge in [-0.2, -0.15) is 5.10 Å². The molecule has 2 aromatic rings. The molecule has 21 heavy (non-hydrogen) atoms. The van der Waals surface area contributed by atoms with Crippen LogP contribution in [0.3, 0.4) is 0 Å². The molecule has 0 aliphatic rings. The van der Waals surface area contributed by atoms with E-state index >= 15 is 0 Å². The molecule has 0 fully saturated rings. The van der Waals surface area contributed by atoms with E-state index < -0.39 is 0 Å². The van der Waals surface area contributed by atoms with Crippen LogP contribution >= 0.6 is 0 Å². The predicted octanol–water partition coefficient (Wildman–Crippen LogP) is 2.66. The van der Waals surface area contributed by atoms with E-state index in [1.807, 2.05) is 33.8 Å². The summed E-state index contributed by atoms with van der Waals surface area (Å²) in [4.78, 5) is 16.9. The quantitative estimate of drug-likeness (QED) is 0.793. The second kappa shape index (κ2) is 6.08. The maximum absolute atomic E-state index is 12.5. The number of aryl methyl sites for hydroxylation is 3. The first-order valence-corrected chi connectivity index (χ1v) is 7.04. The van der Waals surface area contributed by atoms with Gasteiger partial charge in [-0.15, -0.1) is 0 Å². The van der Waals surface area contributed by atoms with Crippen LogP contribution in [0.1, 0.15) is 39.9 Å². The summed E-state index contributed by atoms with van der Waals surface area (Å²) in [5.74, 6) is 0.826. The van der Waals surface area contributed by atoms with Gasteiger partial charge in [0.2, 0.25) is 0 Å². The number of Topliss-reactive ketones (excluding diaryl/α,β-unsaturated/α-hetero) is 1. The average molecular weight is 287 g/mol. The van der Waals surface area contributed by atoms with Gasteiger partial charge in [0, 0.05) is 23.9 Å².